The molecule has 0 aliphatic carbocycles. The third kappa shape index (κ3) is 5.66. The first-order valence-electron chi connectivity index (χ1n) is 8.11. The van der Waals surface area contributed by atoms with Gasteiger partial charge in [-0.1, -0.05) is 37.6 Å². The van der Waals surface area contributed by atoms with Gasteiger partial charge in [0, 0.05) is 23.5 Å². The van der Waals surface area contributed by atoms with E-state index in [1.165, 1.54) is 6.42 Å². The van der Waals surface area contributed by atoms with Crippen molar-refractivity contribution in [2.24, 2.45) is 11.3 Å². The topological polar surface area (TPSA) is 32.3 Å². The Kier molecular flexibility index (Phi) is 7.85. The van der Waals surface area contributed by atoms with Crippen molar-refractivity contribution in [2.75, 3.05) is 26.7 Å². The highest BCUT2D eigenvalue weighted by Gasteiger charge is 2.34. The van der Waals surface area contributed by atoms with Crippen LogP contribution in [0.2, 0.25) is 5.02 Å². The highest BCUT2D eigenvalue weighted by atomic mass is 35.5. The average molecular weight is 359 g/mol. The molecule has 0 aromatic heterocycles. The summed E-state index contributed by atoms with van der Waals surface area (Å²) in [5.74, 6) is 0.831. The Hall–Kier alpha value is -0.770. The number of amides is 1. The fourth-order valence-electron chi connectivity index (χ4n) is 3.37. The molecule has 0 saturated carbocycles. The second-order valence-corrected chi connectivity index (χ2v) is 7.44. The number of carbonyl (C=O) groups excluding carboxylic acids is 1. The van der Waals surface area contributed by atoms with Crippen LogP contribution in [0, 0.1) is 11.3 Å². The second kappa shape index (κ2) is 8.91. The lowest BCUT2D eigenvalue weighted by Gasteiger charge is -2.37. The summed E-state index contributed by atoms with van der Waals surface area (Å²) in [4.78, 5) is 15.0. The number of nitrogens with one attached hydrogen (secondary N) is 1. The molecular formula is C18H28Cl2N2O. The van der Waals surface area contributed by atoms with Crippen molar-refractivity contribution >= 4 is 29.9 Å². The van der Waals surface area contributed by atoms with E-state index in [1.54, 1.807) is 0 Å². The number of carbonyl (C=O) groups is 1. The van der Waals surface area contributed by atoms with E-state index in [1.807, 2.05) is 45.2 Å². The Balaban J connectivity index is 0.00000264. The van der Waals surface area contributed by atoms with Crippen molar-refractivity contribution in [3.8, 4) is 0 Å². The maximum Gasteiger partial charge on any atom is 0.228 e. The van der Waals surface area contributed by atoms with Crippen LogP contribution in [0.25, 0.3) is 0 Å². The summed E-state index contributed by atoms with van der Waals surface area (Å²) in [6, 6.07) is 7.81. The number of piperidine rings is 1. The predicted molar refractivity (Wildman–Crippen MR) is 99.4 cm³/mol. The van der Waals surface area contributed by atoms with E-state index in [9.17, 15) is 4.79 Å². The molecule has 1 atom stereocenters. The zero-order valence-corrected chi connectivity index (χ0v) is 15.8. The zero-order valence-electron chi connectivity index (χ0n) is 14.3. The molecule has 5 heteroatoms. The summed E-state index contributed by atoms with van der Waals surface area (Å²) >= 11 is 6.05. The first-order chi connectivity index (χ1) is 10.4. The summed E-state index contributed by atoms with van der Waals surface area (Å²) in [6.45, 7) is 6.82. The van der Waals surface area contributed by atoms with Crippen LogP contribution in [0.1, 0.15) is 32.3 Å². The summed E-state index contributed by atoms with van der Waals surface area (Å²) in [5, 5.41) is 3.96. The minimum Gasteiger partial charge on any atom is -0.342 e. The molecule has 130 valence electrons. The van der Waals surface area contributed by atoms with Gasteiger partial charge in [-0.25, -0.2) is 0 Å². The molecule has 23 heavy (non-hydrogen) atoms. The minimum absolute atomic E-state index is 0. The van der Waals surface area contributed by atoms with E-state index in [-0.39, 0.29) is 18.3 Å². The Morgan fingerprint density at radius 3 is 2.83 bits per heavy atom. The molecule has 1 fully saturated rings. The maximum absolute atomic E-state index is 12.9. The number of rotatable bonds is 5. The SMILES string of the molecule is CNCC1CCCN(C(=O)C(C)(C)Cc2cccc(Cl)c2)C1.Cl. The Morgan fingerprint density at radius 2 is 2.17 bits per heavy atom. The number of halogens is 2. The summed E-state index contributed by atoms with van der Waals surface area (Å²) in [5.41, 5.74) is 0.723. The highest BCUT2D eigenvalue weighted by Crippen LogP contribution is 2.28. The number of hydrogen-bond donors (Lipinski definition) is 1. The summed E-state index contributed by atoms with van der Waals surface area (Å²) in [7, 11) is 1.98. The lowest BCUT2D eigenvalue weighted by atomic mass is 9.83. The summed E-state index contributed by atoms with van der Waals surface area (Å²) < 4.78 is 0. The molecule has 1 aliphatic rings. The molecule has 1 heterocycles. The van der Waals surface area contributed by atoms with Crippen LogP contribution in [0.15, 0.2) is 24.3 Å². The van der Waals surface area contributed by atoms with E-state index in [2.05, 4.69) is 10.2 Å². The molecule has 1 aromatic rings. The minimum atomic E-state index is -0.397. The van der Waals surface area contributed by atoms with Crippen molar-refractivity contribution in [3.05, 3.63) is 34.9 Å². The van der Waals surface area contributed by atoms with Crippen LogP contribution in [0.4, 0.5) is 0 Å². The Bertz CT molecular complexity index is 517. The van der Waals surface area contributed by atoms with Gasteiger partial charge < -0.3 is 10.2 Å². The van der Waals surface area contributed by atoms with Crippen molar-refractivity contribution in [1.29, 1.82) is 0 Å². The molecule has 1 unspecified atom stereocenters. The molecule has 0 spiro atoms. The maximum atomic E-state index is 12.9. The van der Waals surface area contributed by atoms with E-state index >= 15 is 0 Å². The van der Waals surface area contributed by atoms with E-state index in [0.29, 0.717) is 5.92 Å². The van der Waals surface area contributed by atoms with Crippen LogP contribution in [-0.4, -0.2) is 37.5 Å². The molecule has 1 saturated heterocycles. The highest BCUT2D eigenvalue weighted by molar-refractivity contribution is 6.30. The van der Waals surface area contributed by atoms with Crippen molar-refractivity contribution in [3.63, 3.8) is 0 Å². The van der Waals surface area contributed by atoms with Gasteiger partial charge in [-0.05, 0) is 56.5 Å². The van der Waals surface area contributed by atoms with Crippen molar-refractivity contribution in [2.45, 2.75) is 33.1 Å². The monoisotopic (exact) mass is 358 g/mol. The van der Waals surface area contributed by atoms with Crippen molar-refractivity contribution < 1.29 is 4.79 Å². The van der Waals surface area contributed by atoms with Gasteiger partial charge in [0.05, 0.1) is 0 Å². The van der Waals surface area contributed by atoms with Gasteiger partial charge in [0.1, 0.15) is 0 Å². The Labute approximate surface area is 151 Å². The van der Waals surface area contributed by atoms with Gasteiger partial charge in [-0.15, -0.1) is 12.4 Å². The lowest BCUT2D eigenvalue weighted by molar-refractivity contribution is -0.142. The molecule has 1 amide bonds. The van der Waals surface area contributed by atoms with Crippen LogP contribution in [0.5, 0.6) is 0 Å². The lowest BCUT2D eigenvalue weighted by Crippen LogP contribution is -2.48. The average Bonchev–Trinajstić information content (AvgIpc) is 2.46. The number of benzene rings is 1. The molecule has 3 nitrogen and oxygen atoms in total. The molecule has 1 aromatic carbocycles. The van der Waals surface area contributed by atoms with Gasteiger partial charge in [0.15, 0.2) is 0 Å². The predicted octanol–water partition coefficient (Wildman–Crippen LogP) is 3.79. The molecule has 1 N–H and O–H groups in total. The smallest absolute Gasteiger partial charge is 0.228 e. The van der Waals surface area contributed by atoms with Crippen LogP contribution in [0.3, 0.4) is 0 Å². The standard InChI is InChI=1S/C18H27ClN2O.ClH/c1-18(2,11-14-6-4-8-16(19)10-14)17(22)21-9-5-7-15(13-21)12-20-3;/h4,6,8,10,15,20H,5,7,9,11-13H2,1-3H3;1H. The van der Waals surface area contributed by atoms with Crippen LogP contribution < -0.4 is 5.32 Å². The number of likely N-dealkylation sites (tertiary alicyclic amines) is 1. The van der Waals surface area contributed by atoms with Gasteiger partial charge >= 0.3 is 0 Å². The van der Waals surface area contributed by atoms with Gasteiger partial charge in [-0.3, -0.25) is 4.79 Å². The third-order valence-corrected chi connectivity index (χ3v) is 4.65. The fraction of sp³-hybridized carbons (Fsp3) is 0.611. The van der Waals surface area contributed by atoms with Gasteiger partial charge in [-0.2, -0.15) is 0 Å². The second-order valence-electron chi connectivity index (χ2n) is 7.01. The van der Waals surface area contributed by atoms with E-state index in [0.717, 1.165) is 43.1 Å². The zero-order chi connectivity index (χ0) is 16.2. The largest absolute Gasteiger partial charge is 0.342 e. The van der Waals surface area contributed by atoms with Crippen LogP contribution in [-0.2, 0) is 11.2 Å². The molecular weight excluding hydrogens is 331 g/mol. The fourth-order valence-corrected chi connectivity index (χ4v) is 3.58. The Morgan fingerprint density at radius 1 is 1.43 bits per heavy atom. The summed E-state index contributed by atoms with van der Waals surface area (Å²) in [6.07, 6.45) is 3.03. The van der Waals surface area contributed by atoms with E-state index < -0.39 is 5.41 Å². The van der Waals surface area contributed by atoms with Crippen LogP contribution >= 0.6 is 24.0 Å². The van der Waals surface area contributed by atoms with Gasteiger partial charge in [0.2, 0.25) is 5.91 Å². The van der Waals surface area contributed by atoms with E-state index in [4.69, 9.17) is 11.6 Å². The number of hydrogen-bond acceptors (Lipinski definition) is 2. The third-order valence-electron chi connectivity index (χ3n) is 4.41. The molecule has 1 aliphatic heterocycles. The normalized spacial score (nSPS) is 18.4. The number of nitrogens with zero attached hydrogens (tertiary/aromatic N) is 1. The quantitative estimate of drug-likeness (QED) is 0.868. The van der Waals surface area contributed by atoms with Crippen molar-refractivity contribution in [1.82, 2.24) is 10.2 Å². The molecule has 2 rings (SSSR count). The van der Waals surface area contributed by atoms with Gasteiger partial charge in [0.25, 0.3) is 0 Å². The first-order valence-corrected chi connectivity index (χ1v) is 8.48. The molecule has 0 radical (unpaired) electrons. The molecule has 0 bridgehead atoms. The first kappa shape index (κ1) is 20.3.